The van der Waals surface area contributed by atoms with Gasteiger partial charge in [0, 0.05) is 39.2 Å². The number of carbonyl (C=O) groups is 1. The first-order chi connectivity index (χ1) is 14.1. The Hall–Kier alpha value is -2.22. The Morgan fingerprint density at radius 1 is 1.31 bits per heavy atom. The quantitative estimate of drug-likeness (QED) is 0.233. The van der Waals surface area contributed by atoms with Crippen molar-refractivity contribution in [2.75, 3.05) is 33.4 Å². The van der Waals surface area contributed by atoms with Gasteiger partial charge in [0.1, 0.15) is 5.82 Å². The Balaban J connectivity index is 2.25. The highest BCUT2D eigenvalue weighted by atomic mass is 16.5. The van der Waals surface area contributed by atoms with E-state index >= 15 is 0 Å². The molecule has 0 radical (unpaired) electrons. The number of nitrogens with zero attached hydrogens (tertiary/aromatic N) is 3. The van der Waals surface area contributed by atoms with Gasteiger partial charge in [0.2, 0.25) is 0 Å². The number of unbranched alkanes of at least 4 members (excludes halogenated alkanes) is 2. The van der Waals surface area contributed by atoms with Gasteiger partial charge in [-0.15, -0.1) is 0 Å². The number of aryl methyl sites for hydroxylation is 1. The molecule has 1 aromatic heterocycles. The first-order valence-electron chi connectivity index (χ1n) is 10.5. The predicted molar refractivity (Wildman–Crippen MR) is 116 cm³/mol. The minimum absolute atomic E-state index is 0.549. The number of imidazole rings is 1. The van der Waals surface area contributed by atoms with Crippen LogP contribution in [0.15, 0.2) is 24.3 Å². The van der Waals surface area contributed by atoms with E-state index in [0.29, 0.717) is 0 Å². The highest BCUT2D eigenvalue weighted by Crippen LogP contribution is 2.20. The van der Waals surface area contributed by atoms with Gasteiger partial charge in [0.25, 0.3) is 5.91 Å². The Morgan fingerprint density at radius 3 is 2.83 bits per heavy atom. The second kappa shape index (κ2) is 12.4. The summed E-state index contributed by atoms with van der Waals surface area (Å²) in [5.74, 6) is 0.567. The molecule has 1 amide bonds. The summed E-state index contributed by atoms with van der Waals surface area (Å²) in [7, 11) is 1.74. The smallest absolute Gasteiger partial charge is 0.267 e. The summed E-state index contributed by atoms with van der Waals surface area (Å²) in [5.41, 5.74) is 4.53. The van der Waals surface area contributed by atoms with E-state index in [0.717, 1.165) is 68.0 Å². The molecule has 160 valence electrons. The second-order valence-corrected chi connectivity index (χ2v) is 7.12. The summed E-state index contributed by atoms with van der Waals surface area (Å²) in [6, 6.07) is 6.02. The molecule has 0 saturated heterocycles. The molecule has 0 atom stereocenters. The number of carbonyl (C=O) groups excluding carboxylic acids is 1. The maximum Gasteiger partial charge on any atom is 0.267 e. The Labute approximate surface area is 173 Å². The Morgan fingerprint density at radius 2 is 2.14 bits per heavy atom. The molecule has 1 heterocycles. The molecule has 0 aliphatic carbocycles. The van der Waals surface area contributed by atoms with Gasteiger partial charge < -0.3 is 9.30 Å². The molecule has 0 aliphatic heterocycles. The molecule has 0 spiro atoms. The first-order valence-corrected chi connectivity index (χ1v) is 10.5. The minimum Gasteiger partial charge on any atom is -0.383 e. The molecule has 0 bridgehead atoms. The standard InChI is InChI=1S/C22H34N4O3/c1-4-6-7-8-21-23-19-17-18(10-12-22(27)24-28)9-11-20(19)26(21)14-13-25(5-2)15-16-29-3/h9-12,17,28H,4-8,13-16H2,1-3H3,(H,24,27)/b12-10+. The molecule has 2 N–H and O–H groups in total. The molecular weight excluding hydrogens is 368 g/mol. The third-order valence-electron chi connectivity index (χ3n) is 5.09. The van der Waals surface area contributed by atoms with Crippen LogP contribution in [0.25, 0.3) is 17.1 Å². The summed E-state index contributed by atoms with van der Waals surface area (Å²) >= 11 is 0. The van der Waals surface area contributed by atoms with Crippen LogP contribution in [0.5, 0.6) is 0 Å². The number of nitrogens with one attached hydrogen (secondary N) is 1. The lowest BCUT2D eigenvalue weighted by molar-refractivity contribution is -0.124. The van der Waals surface area contributed by atoms with E-state index in [1.54, 1.807) is 18.7 Å². The van der Waals surface area contributed by atoms with Crippen LogP contribution in [0, 0.1) is 0 Å². The predicted octanol–water partition coefficient (Wildman–Crippen LogP) is 3.26. The number of amides is 1. The maximum atomic E-state index is 11.2. The van der Waals surface area contributed by atoms with E-state index in [1.165, 1.54) is 18.9 Å². The van der Waals surface area contributed by atoms with Crippen LogP contribution in [0.2, 0.25) is 0 Å². The number of hydroxylamine groups is 1. The monoisotopic (exact) mass is 402 g/mol. The summed E-state index contributed by atoms with van der Waals surface area (Å²) in [4.78, 5) is 18.5. The highest BCUT2D eigenvalue weighted by Gasteiger charge is 2.12. The van der Waals surface area contributed by atoms with Crippen molar-refractivity contribution in [2.24, 2.45) is 0 Å². The maximum absolute atomic E-state index is 11.2. The van der Waals surface area contributed by atoms with Gasteiger partial charge in [0.15, 0.2) is 0 Å². The molecule has 0 unspecified atom stereocenters. The average molecular weight is 403 g/mol. The number of likely N-dealkylation sites (N-methyl/N-ethyl adjacent to an activating group) is 1. The van der Waals surface area contributed by atoms with E-state index < -0.39 is 5.91 Å². The first kappa shape index (κ1) is 23.1. The normalized spacial score (nSPS) is 11.8. The van der Waals surface area contributed by atoms with Crippen molar-refractivity contribution in [3.05, 3.63) is 35.7 Å². The van der Waals surface area contributed by atoms with Crippen molar-refractivity contribution in [2.45, 2.75) is 46.1 Å². The van der Waals surface area contributed by atoms with Gasteiger partial charge in [-0.2, -0.15) is 0 Å². The SMILES string of the molecule is CCCCCc1nc2cc(/C=C/C(=O)NO)ccc2n1CCN(CC)CCOC. The van der Waals surface area contributed by atoms with Gasteiger partial charge >= 0.3 is 0 Å². The number of benzene rings is 1. The molecule has 2 rings (SSSR count). The summed E-state index contributed by atoms with van der Waals surface area (Å²) in [6.07, 6.45) is 7.44. The molecule has 1 aromatic carbocycles. The highest BCUT2D eigenvalue weighted by molar-refractivity contribution is 5.91. The van der Waals surface area contributed by atoms with Gasteiger partial charge in [-0.1, -0.05) is 32.8 Å². The lowest BCUT2D eigenvalue weighted by Crippen LogP contribution is -2.30. The van der Waals surface area contributed by atoms with Crippen molar-refractivity contribution < 1.29 is 14.7 Å². The van der Waals surface area contributed by atoms with Crippen LogP contribution < -0.4 is 5.48 Å². The Kier molecular flexibility index (Phi) is 9.83. The molecule has 0 saturated carbocycles. The minimum atomic E-state index is -0.549. The lowest BCUT2D eigenvalue weighted by Gasteiger charge is -2.21. The number of ether oxygens (including phenoxy) is 1. The van der Waals surface area contributed by atoms with E-state index in [9.17, 15) is 4.79 Å². The lowest BCUT2D eigenvalue weighted by atomic mass is 10.2. The van der Waals surface area contributed by atoms with Gasteiger partial charge in [0.05, 0.1) is 17.6 Å². The van der Waals surface area contributed by atoms with Crippen molar-refractivity contribution in [1.29, 1.82) is 0 Å². The third-order valence-corrected chi connectivity index (χ3v) is 5.09. The van der Waals surface area contributed by atoms with Crippen molar-refractivity contribution in [3.8, 4) is 0 Å². The number of aromatic nitrogens is 2. The number of rotatable bonds is 13. The summed E-state index contributed by atoms with van der Waals surface area (Å²) in [5, 5.41) is 8.63. The number of methoxy groups -OCH3 is 1. The van der Waals surface area contributed by atoms with Crippen molar-refractivity contribution in [3.63, 3.8) is 0 Å². The summed E-state index contributed by atoms with van der Waals surface area (Å²) < 4.78 is 7.55. The largest absolute Gasteiger partial charge is 0.383 e. The zero-order valence-electron chi connectivity index (χ0n) is 17.9. The molecule has 7 nitrogen and oxygen atoms in total. The number of fused-ring (bicyclic) bond motifs is 1. The Bertz CT molecular complexity index is 801. The topological polar surface area (TPSA) is 79.6 Å². The van der Waals surface area contributed by atoms with Crippen LogP contribution in [-0.4, -0.2) is 58.9 Å². The zero-order valence-corrected chi connectivity index (χ0v) is 17.9. The van der Waals surface area contributed by atoms with Crippen LogP contribution in [0.4, 0.5) is 0 Å². The number of hydrogen-bond acceptors (Lipinski definition) is 5. The van der Waals surface area contributed by atoms with Crippen LogP contribution in [-0.2, 0) is 22.5 Å². The zero-order chi connectivity index (χ0) is 21.1. The molecule has 29 heavy (non-hydrogen) atoms. The summed E-state index contributed by atoms with van der Waals surface area (Å²) in [6.45, 7) is 8.86. The second-order valence-electron chi connectivity index (χ2n) is 7.12. The fraction of sp³-hybridized carbons (Fsp3) is 0.545. The van der Waals surface area contributed by atoms with Gasteiger partial charge in [-0.25, -0.2) is 10.5 Å². The third kappa shape index (κ3) is 6.96. The van der Waals surface area contributed by atoms with Crippen LogP contribution >= 0.6 is 0 Å². The fourth-order valence-corrected chi connectivity index (χ4v) is 3.37. The van der Waals surface area contributed by atoms with Crippen molar-refractivity contribution >= 4 is 23.0 Å². The van der Waals surface area contributed by atoms with E-state index in [4.69, 9.17) is 14.9 Å². The van der Waals surface area contributed by atoms with Crippen LogP contribution in [0.1, 0.15) is 44.5 Å². The molecular formula is C22H34N4O3. The molecule has 2 aromatic rings. The molecule has 0 aliphatic rings. The van der Waals surface area contributed by atoms with E-state index in [-0.39, 0.29) is 0 Å². The number of hydrogen-bond donors (Lipinski definition) is 2. The fourth-order valence-electron chi connectivity index (χ4n) is 3.37. The molecule has 7 heteroatoms. The van der Waals surface area contributed by atoms with Gasteiger partial charge in [-0.05, 0) is 36.7 Å². The van der Waals surface area contributed by atoms with E-state index in [1.807, 2.05) is 12.1 Å². The average Bonchev–Trinajstić information content (AvgIpc) is 3.08. The van der Waals surface area contributed by atoms with Crippen molar-refractivity contribution in [1.82, 2.24) is 19.9 Å². The van der Waals surface area contributed by atoms with E-state index in [2.05, 4.69) is 29.4 Å². The van der Waals surface area contributed by atoms with Gasteiger partial charge in [-0.3, -0.25) is 14.9 Å². The van der Waals surface area contributed by atoms with Crippen LogP contribution in [0.3, 0.4) is 0 Å². The molecule has 0 fully saturated rings.